The van der Waals surface area contributed by atoms with Crippen LogP contribution in [0, 0.1) is 0 Å². The largest absolute Gasteiger partial charge is 0.504 e. The van der Waals surface area contributed by atoms with E-state index in [1.807, 2.05) is 49.5 Å². The van der Waals surface area contributed by atoms with Gasteiger partial charge in [0.2, 0.25) is 0 Å². The molecule has 0 radical (unpaired) electrons. The average molecular weight is 243 g/mol. The van der Waals surface area contributed by atoms with Crippen LogP contribution >= 0.6 is 0 Å². The standard InChI is InChI=1S/C15H17NO2/c1-16(13-8-4-3-5-9-13)11-12-7-6-10-14(18-2)15(12)17/h3-10,17H,11H2,1-2H3. The normalized spacial score (nSPS) is 10.1. The second-order valence-corrected chi connectivity index (χ2v) is 4.16. The molecule has 1 N–H and O–H groups in total. The predicted molar refractivity (Wildman–Crippen MR) is 73.2 cm³/mol. The van der Waals surface area contributed by atoms with Gasteiger partial charge in [-0.1, -0.05) is 30.3 Å². The van der Waals surface area contributed by atoms with Crippen molar-refractivity contribution in [1.82, 2.24) is 0 Å². The highest BCUT2D eigenvalue weighted by molar-refractivity contribution is 5.50. The third kappa shape index (κ3) is 2.56. The molecule has 18 heavy (non-hydrogen) atoms. The van der Waals surface area contributed by atoms with Gasteiger partial charge >= 0.3 is 0 Å². The van der Waals surface area contributed by atoms with Crippen molar-refractivity contribution < 1.29 is 9.84 Å². The molecule has 0 saturated carbocycles. The van der Waals surface area contributed by atoms with E-state index in [9.17, 15) is 5.11 Å². The molecule has 0 saturated heterocycles. The van der Waals surface area contributed by atoms with Crippen molar-refractivity contribution >= 4 is 5.69 Å². The summed E-state index contributed by atoms with van der Waals surface area (Å²) in [6, 6.07) is 15.6. The van der Waals surface area contributed by atoms with Gasteiger partial charge in [0.05, 0.1) is 7.11 Å². The number of hydrogen-bond donors (Lipinski definition) is 1. The maximum absolute atomic E-state index is 10.0. The highest BCUT2D eigenvalue weighted by Crippen LogP contribution is 2.30. The van der Waals surface area contributed by atoms with Crippen LogP contribution in [-0.2, 0) is 6.54 Å². The van der Waals surface area contributed by atoms with E-state index in [0.717, 1.165) is 11.3 Å². The van der Waals surface area contributed by atoms with Gasteiger partial charge in [-0.3, -0.25) is 0 Å². The molecule has 0 unspecified atom stereocenters. The number of benzene rings is 2. The summed E-state index contributed by atoms with van der Waals surface area (Å²) in [6.45, 7) is 0.632. The third-order valence-electron chi connectivity index (χ3n) is 2.91. The number of phenolic OH excluding ortho intramolecular Hbond substituents is 1. The molecule has 2 rings (SSSR count). The lowest BCUT2D eigenvalue weighted by atomic mass is 10.1. The number of anilines is 1. The van der Waals surface area contributed by atoms with Crippen molar-refractivity contribution in [2.24, 2.45) is 0 Å². The zero-order valence-corrected chi connectivity index (χ0v) is 10.6. The number of methoxy groups -OCH3 is 1. The summed E-state index contributed by atoms with van der Waals surface area (Å²) in [5.74, 6) is 0.719. The van der Waals surface area contributed by atoms with Gasteiger partial charge in [-0.2, -0.15) is 0 Å². The molecular weight excluding hydrogens is 226 g/mol. The number of rotatable bonds is 4. The molecule has 3 nitrogen and oxygen atoms in total. The number of para-hydroxylation sites is 2. The summed E-state index contributed by atoms with van der Waals surface area (Å²) < 4.78 is 5.10. The molecule has 0 bridgehead atoms. The second-order valence-electron chi connectivity index (χ2n) is 4.16. The van der Waals surface area contributed by atoms with Gasteiger partial charge in [-0.15, -0.1) is 0 Å². The van der Waals surface area contributed by atoms with Gasteiger partial charge in [0.15, 0.2) is 11.5 Å². The Morgan fingerprint density at radius 3 is 2.44 bits per heavy atom. The topological polar surface area (TPSA) is 32.7 Å². The minimum Gasteiger partial charge on any atom is -0.504 e. The van der Waals surface area contributed by atoms with E-state index in [1.54, 1.807) is 13.2 Å². The van der Waals surface area contributed by atoms with Gasteiger partial charge < -0.3 is 14.7 Å². The van der Waals surface area contributed by atoms with Crippen LogP contribution in [0.5, 0.6) is 11.5 Å². The maximum Gasteiger partial charge on any atom is 0.162 e. The smallest absolute Gasteiger partial charge is 0.162 e. The lowest BCUT2D eigenvalue weighted by Crippen LogP contribution is -2.16. The van der Waals surface area contributed by atoms with Gasteiger partial charge in [0.1, 0.15) is 0 Å². The first kappa shape index (κ1) is 12.3. The summed E-state index contributed by atoms with van der Waals surface area (Å²) in [7, 11) is 3.55. The van der Waals surface area contributed by atoms with E-state index >= 15 is 0 Å². The summed E-state index contributed by atoms with van der Waals surface area (Å²) in [6.07, 6.45) is 0. The Balaban J connectivity index is 2.19. The fraction of sp³-hybridized carbons (Fsp3) is 0.200. The summed E-state index contributed by atoms with van der Waals surface area (Å²) in [5, 5.41) is 10.0. The monoisotopic (exact) mass is 243 g/mol. The van der Waals surface area contributed by atoms with Gasteiger partial charge in [-0.25, -0.2) is 0 Å². The molecule has 0 aliphatic carbocycles. The number of nitrogens with zero attached hydrogens (tertiary/aromatic N) is 1. The van der Waals surface area contributed by atoms with E-state index < -0.39 is 0 Å². The molecule has 0 amide bonds. The van der Waals surface area contributed by atoms with Crippen LogP contribution in [0.2, 0.25) is 0 Å². The van der Waals surface area contributed by atoms with Crippen molar-refractivity contribution in [1.29, 1.82) is 0 Å². The lowest BCUT2D eigenvalue weighted by Gasteiger charge is -2.20. The van der Waals surface area contributed by atoms with Gasteiger partial charge in [0.25, 0.3) is 0 Å². The van der Waals surface area contributed by atoms with E-state index in [1.165, 1.54) is 0 Å². The Labute approximate surface area is 107 Å². The summed E-state index contributed by atoms with van der Waals surface area (Å²) in [5.41, 5.74) is 1.96. The SMILES string of the molecule is COc1cccc(CN(C)c2ccccc2)c1O. The Morgan fingerprint density at radius 1 is 1.06 bits per heavy atom. The van der Waals surface area contributed by atoms with Crippen LogP contribution in [0.15, 0.2) is 48.5 Å². The molecule has 0 aliphatic heterocycles. The number of ether oxygens (including phenoxy) is 1. The molecule has 0 fully saturated rings. The van der Waals surface area contributed by atoms with Crippen molar-refractivity contribution in [2.45, 2.75) is 6.54 Å². The van der Waals surface area contributed by atoms with Gasteiger partial charge in [0, 0.05) is 24.8 Å². The quantitative estimate of drug-likeness (QED) is 0.896. The van der Waals surface area contributed by atoms with Crippen molar-refractivity contribution in [2.75, 3.05) is 19.1 Å². The van der Waals surface area contributed by atoms with Crippen LogP contribution in [0.4, 0.5) is 5.69 Å². The molecular formula is C15H17NO2. The number of aromatic hydroxyl groups is 1. The molecule has 2 aromatic rings. The first-order valence-electron chi connectivity index (χ1n) is 5.83. The van der Waals surface area contributed by atoms with Crippen LogP contribution in [0.25, 0.3) is 0 Å². The Morgan fingerprint density at radius 2 is 1.78 bits per heavy atom. The van der Waals surface area contributed by atoms with Crippen LogP contribution in [0.1, 0.15) is 5.56 Å². The molecule has 3 heteroatoms. The lowest BCUT2D eigenvalue weighted by molar-refractivity contribution is 0.370. The van der Waals surface area contributed by atoms with Crippen molar-refractivity contribution in [3.05, 3.63) is 54.1 Å². The second kappa shape index (κ2) is 5.45. The zero-order chi connectivity index (χ0) is 13.0. The van der Waals surface area contributed by atoms with Crippen LogP contribution in [0.3, 0.4) is 0 Å². The highest BCUT2D eigenvalue weighted by atomic mass is 16.5. The average Bonchev–Trinajstić information content (AvgIpc) is 2.42. The highest BCUT2D eigenvalue weighted by Gasteiger charge is 2.09. The molecule has 0 aliphatic rings. The molecule has 0 aromatic heterocycles. The predicted octanol–water partition coefficient (Wildman–Crippen LogP) is 3.04. The summed E-state index contributed by atoms with van der Waals surface area (Å²) in [4.78, 5) is 2.08. The molecule has 0 heterocycles. The summed E-state index contributed by atoms with van der Waals surface area (Å²) >= 11 is 0. The maximum atomic E-state index is 10.0. The van der Waals surface area contributed by atoms with Crippen LogP contribution in [-0.4, -0.2) is 19.3 Å². The Bertz CT molecular complexity index is 511. The number of phenols is 1. The third-order valence-corrected chi connectivity index (χ3v) is 2.91. The minimum atomic E-state index is 0.211. The Hall–Kier alpha value is -2.16. The van der Waals surface area contributed by atoms with E-state index in [-0.39, 0.29) is 5.75 Å². The molecule has 2 aromatic carbocycles. The molecule has 0 spiro atoms. The first-order chi connectivity index (χ1) is 8.72. The van der Waals surface area contributed by atoms with E-state index in [2.05, 4.69) is 4.90 Å². The van der Waals surface area contributed by atoms with Crippen molar-refractivity contribution in [3.8, 4) is 11.5 Å². The zero-order valence-electron chi connectivity index (χ0n) is 10.6. The van der Waals surface area contributed by atoms with Crippen molar-refractivity contribution in [3.63, 3.8) is 0 Å². The van der Waals surface area contributed by atoms with E-state index in [4.69, 9.17) is 4.74 Å². The minimum absolute atomic E-state index is 0.211. The number of hydrogen-bond acceptors (Lipinski definition) is 3. The molecule has 94 valence electrons. The fourth-order valence-electron chi connectivity index (χ4n) is 1.89. The first-order valence-corrected chi connectivity index (χ1v) is 5.83. The van der Waals surface area contributed by atoms with E-state index in [0.29, 0.717) is 12.3 Å². The van der Waals surface area contributed by atoms with Gasteiger partial charge in [-0.05, 0) is 18.2 Å². The molecule has 0 atom stereocenters. The fourth-order valence-corrected chi connectivity index (χ4v) is 1.89. The van der Waals surface area contributed by atoms with Crippen LogP contribution < -0.4 is 9.64 Å². The Kier molecular flexibility index (Phi) is 3.72.